The average molecular weight is 417 g/mol. The Morgan fingerprint density at radius 3 is 2.75 bits per heavy atom. The zero-order chi connectivity index (χ0) is 20.6. The van der Waals surface area contributed by atoms with E-state index in [0.717, 1.165) is 10.5 Å². The molecule has 0 saturated heterocycles. The Morgan fingerprint density at radius 1 is 1.46 bits per heavy atom. The predicted molar refractivity (Wildman–Crippen MR) is 92.9 cm³/mol. The molecule has 2 aromatic heterocycles. The van der Waals surface area contributed by atoms with Gasteiger partial charge in [0.1, 0.15) is 4.90 Å². The van der Waals surface area contributed by atoms with Crippen LogP contribution in [-0.4, -0.2) is 52.6 Å². The maximum Gasteiger partial charge on any atom is 0.409 e. The summed E-state index contributed by atoms with van der Waals surface area (Å²) in [5, 5.41) is 24.0. The van der Waals surface area contributed by atoms with Gasteiger partial charge in [-0.25, -0.2) is 17.9 Å². The van der Waals surface area contributed by atoms with Gasteiger partial charge in [0.15, 0.2) is 0 Å². The molecule has 3 heterocycles. The normalized spacial score (nSPS) is 16.9. The van der Waals surface area contributed by atoms with Gasteiger partial charge in [0.25, 0.3) is 10.0 Å². The molecular formula is C15H17F2N5O5S. The van der Waals surface area contributed by atoms with Gasteiger partial charge in [0.2, 0.25) is 0 Å². The first-order valence-electron chi connectivity index (χ1n) is 8.10. The van der Waals surface area contributed by atoms with E-state index in [4.69, 9.17) is 5.11 Å². The number of alkyl halides is 2. The van der Waals surface area contributed by atoms with E-state index in [1.807, 2.05) is 0 Å². The molecule has 1 aliphatic heterocycles. The Bertz CT molecular complexity index is 1010. The summed E-state index contributed by atoms with van der Waals surface area (Å²) in [6, 6.07) is 1.30. The fourth-order valence-corrected chi connectivity index (χ4v) is 4.72. The minimum atomic E-state index is -4.32. The van der Waals surface area contributed by atoms with Crippen LogP contribution < -0.4 is 9.62 Å². The summed E-state index contributed by atoms with van der Waals surface area (Å²) in [7, 11) is -4.32. The van der Waals surface area contributed by atoms with E-state index in [0.29, 0.717) is 5.69 Å². The molecule has 0 spiro atoms. The van der Waals surface area contributed by atoms with Crippen molar-refractivity contribution in [2.75, 3.05) is 22.8 Å². The number of nitrogens with one attached hydrogen (secondary N) is 1. The topological polar surface area (TPSA) is 138 Å². The van der Waals surface area contributed by atoms with Gasteiger partial charge < -0.3 is 10.2 Å². The third-order valence-corrected chi connectivity index (χ3v) is 6.15. The predicted octanol–water partition coefficient (Wildman–Crippen LogP) is 1.43. The minimum absolute atomic E-state index is 0.0499. The molecule has 1 atom stereocenters. The number of aryl methyl sites for hydroxylation is 1. The molecule has 28 heavy (non-hydrogen) atoms. The van der Waals surface area contributed by atoms with Crippen LogP contribution in [0.2, 0.25) is 0 Å². The number of rotatable bonds is 5. The Balaban J connectivity index is 2.11. The van der Waals surface area contributed by atoms with Gasteiger partial charge in [-0.3, -0.25) is 14.6 Å². The number of anilines is 2. The number of aromatic nitrogens is 3. The summed E-state index contributed by atoms with van der Waals surface area (Å²) in [5.41, 5.74) is 0.388. The molecule has 0 saturated carbocycles. The van der Waals surface area contributed by atoms with Crippen molar-refractivity contribution in [3.8, 4) is 0 Å². The van der Waals surface area contributed by atoms with E-state index < -0.39 is 33.5 Å². The molecule has 0 fully saturated rings. The van der Waals surface area contributed by atoms with Crippen molar-refractivity contribution >= 4 is 27.5 Å². The van der Waals surface area contributed by atoms with E-state index in [1.54, 1.807) is 0 Å². The highest BCUT2D eigenvalue weighted by Crippen LogP contribution is 2.35. The number of amides is 1. The van der Waals surface area contributed by atoms with E-state index >= 15 is 0 Å². The minimum Gasteiger partial charge on any atom is -0.465 e. The van der Waals surface area contributed by atoms with Crippen LogP contribution in [0.3, 0.4) is 0 Å². The smallest absolute Gasteiger partial charge is 0.409 e. The molecular weight excluding hydrogens is 400 g/mol. The van der Waals surface area contributed by atoms with Crippen molar-refractivity contribution in [3.63, 3.8) is 0 Å². The first kappa shape index (κ1) is 19.9. The van der Waals surface area contributed by atoms with Gasteiger partial charge in [-0.2, -0.15) is 13.9 Å². The SMILES string of the molecule is Cc1nn(C(F)F)cc1S(=O)(=O)N1CC(CO)Cc2ncc(NC(=O)O)cc21. The molecule has 152 valence electrons. The quantitative estimate of drug-likeness (QED) is 0.669. The second-order valence-electron chi connectivity index (χ2n) is 6.25. The van der Waals surface area contributed by atoms with E-state index in [2.05, 4.69) is 15.4 Å². The highest BCUT2D eigenvalue weighted by atomic mass is 32.2. The lowest BCUT2D eigenvalue weighted by Gasteiger charge is -2.34. The van der Waals surface area contributed by atoms with Crippen LogP contribution in [0, 0.1) is 12.8 Å². The van der Waals surface area contributed by atoms with Gasteiger partial charge in [0, 0.05) is 19.1 Å². The summed E-state index contributed by atoms with van der Waals surface area (Å²) in [6.07, 6.45) is 0.900. The van der Waals surface area contributed by atoms with Crippen LogP contribution in [0.15, 0.2) is 23.4 Å². The molecule has 10 nitrogen and oxygen atoms in total. The largest absolute Gasteiger partial charge is 0.465 e. The van der Waals surface area contributed by atoms with Gasteiger partial charge in [-0.05, 0) is 19.4 Å². The van der Waals surface area contributed by atoms with Gasteiger partial charge in [-0.1, -0.05) is 0 Å². The molecule has 0 aromatic carbocycles. The molecule has 0 radical (unpaired) electrons. The van der Waals surface area contributed by atoms with Crippen LogP contribution in [0.5, 0.6) is 0 Å². The Morgan fingerprint density at radius 2 is 2.18 bits per heavy atom. The fraction of sp³-hybridized carbons (Fsp3) is 0.400. The molecule has 1 aliphatic rings. The number of carbonyl (C=O) groups is 1. The zero-order valence-electron chi connectivity index (χ0n) is 14.6. The number of pyridine rings is 1. The third kappa shape index (κ3) is 3.62. The number of aliphatic hydroxyl groups excluding tert-OH is 1. The maximum absolute atomic E-state index is 13.2. The summed E-state index contributed by atoms with van der Waals surface area (Å²) in [4.78, 5) is 14.6. The van der Waals surface area contributed by atoms with Crippen LogP contribution in [0.25, 0.3) is 0 Å². The molecule has 2 aromatic rings. The van der Waals surface area contributed by atoms with Crippen LogP contribution in [0.4, 0.5) is 25.0 Å². The number of hydrogen-bond donors (Lipinski definition) is 3. The van der Waals surface area contributed by atoms with E-state index in [1.165, 1.54) is 19.2 Å². The number of nitrogens with zero attached hydrogens (tertiary/aromatic N) is 4. The summed E-state index contributed by atoms with van der Waals surface area (Å²) in [6.45, 7) is -2.14. The monoisotopic (exact) mass is 417 g/mol. The number of sulfonamides is 1. The van der Waals surface area contributed by atoms with Crippen molar-refractivity contribution in [2.45, 2.75) is 24.8 Å². The summed E-state index contributed by atoms with van der Waals surface area (Å²) < 4.78 is 53.4. The van der Waals surface area contributed by atoms with Crippen molar-refractivity contribution in [3.05, 3.63) is 29.8 Å². The Kier molecular flexibility index (Phi) is 5.21. The van der Waals surface area contributed by atoms with Crippen LogP contribution in [0.1, 0.15) is 17.9 Å². The van der Waals surface area contributed by atoms with Gasteiger partial charge in [-0.15, -0.1) is 0 Å². The first-order valence-corrected chi connectivity index (χ1v) is 9.54. The van der Waals surface area contributed by atoms with Gasteiger partial charge in [0.05, 0.1) is 35.2 Å². The van der Waals surface area contributed by atoms with Crippen molar-refractivity contribution in [1.82, 2.24) is 14.8 Å². The highest BCUT2D eigenvalue weighted by Gasteiger charge is 2.36. The lowest BCUT2D eigenvalue weighted by molar-refractivity contribution is 0.0561. The zero-order valence-corrected chi connectivity index (χ0v) is 15.4. The number of carboxylic acid groups (broad SMARTS) is 1. The lowest BCUT2D eigenvalue weighted by atomic mass is 9.98. The second-order valence-corrected chi connectivity index (χ2v) is 8.08. The van der Waals surface area contributed by atoms with Crippen molar-refractivity contribution < 1.29 is 32.2 Å². The van der Waals surface area contributed by atoms with Crippen LogP contribution >= 0.6 is 0 Å². The van der Waals surface area contributed by atoms with Gasteiger partial charge >= 0.3 is 12.6 Å². The summed E-state index contributed by atoms with van der Waals surface area (Å²) in [5.74, 6) is -0.460. The standard InChI is InChI=1S/C15H17F2N5O5S/c1-8-13(6-21(20-8)14(16)17)28(26,27)22-5-9(7-23)2-11-12(22)3-10(4-18-11)19-15(24)25/h3-4,6,9,14,19,23H,2,5,7H2,1H3,(H,24,25). The average Bonchev–Trinajstić information content (AvgIpc) is 3.03. The number of fused-ring (bicyclic) bond motifs is 1. The van der Waals surface area contributed by atoms with Crippen LogP contribution in [-0.2, 0) is 16.4 Å². The Hall–Kier alpha value is -2.80. The fourth-order valence-electron chi connectivity index (χ4n) is 3.00. The number of halogens is 2. The molecule has 13 heteroatoms. The van der Waals surface area contributed by atoms with E-state index in [9.17, 15) is 27.1 Å². The second kappa shape index (κ2) is 7.31. The molecule has 0 bridgehead atoms. The summed E-state index contributed by atoms with van der Waals surface area (Å²) >= 11 is 0. The Labute approximate surface area is 158 Å². The first-order chi connectivity index (χ1) is 13.1. The molecule has 1 amide bonds. The molecule has 0 aliphatic carbocycles. The molecule has 3 N–H and O–H groups in total. The van der Waals surface area contributed by atoms with Crippen molar-refractivity contribution in [2.24, 2.45) is 5.92 Å². The number of hydrogen-bond acceptors (Lipinski definition) is 6. The molecule has 1 unspecified atom stereocenters. The molecule has 3 rings (SSSR count). The highest BCUT2D eigenvalue weighted by molar-refractivity contribution is 7.92. The van der Waals surface area contributed by atoms with E-state index in [-0.39, 0.29) is 41.3 Å². The van der Waals surface area contributed by atoms with Crippen molar-refractivity contribution in [1.29, 1.82) is 0 Å². The third-order valence-electron chi connectivity index (χ3n) is 4.27. The number of aliphatic hydroxyl groups is 1. The lowest BCUT2D eigenvalue weighted by Crippen LogP contribution is -2.41. The maximum atomic E-state index is 13.2.